The first-order valence-electron chi connectivity index (χ1n) is 18.5. The Hall–Kier alpha value is 0.250. The van der Waals surface area contributed by atoms with E-state index < -0.39 is 0 Å². The highest BCUT2D eigenvalue weighted by molar-refractivity contribution is 5.11. The molecule has 250 valence electrons. The molecule has 2 heteroatoms. The first-order chi connectivity index (χ1) is 18.7. The fourth-order valence-electron chi connectivity index (χ4n) is 11.6. The van der Waals surface area contributed by atoms with Crippen LogP contribution in [0.1, 0.15) is 213 Å². The molecule has 0 aromatic carbocycles. The second kappa shape index (κ2) is 17.7. The third-order valence-corrected chi connectivity index (χ3v) is 14.4. The quantitative estimate of drug-likeness (QED) is 0.102. The molecule has 0 heterocycles. The van der Waals surface area contributed by atoms with E-state index in [1.165, 1.54) is 114 Å². The maximum Gasteiger partial charge on any atom is 0.105 e. The van der Waals surface area contributed by atoms with E-state index in [1.54, 1.807) is 0 Å². The van der Waals surface area contributed by atoms with Crippen molar-refractivity contribution in [2.75, 3.05) is 7.05 Å². The van der Waals surface area contributed by atoms with Crippen molar-refractivity contribution in [1.29, 1.82) is 0 Å². The summed E-state index contributed by atoms with van der Waals surface area (Å²) in [6, 6.07) is 0. The van der Waals surface area contributed by atoms with E-state index in [1.807, 2.05) is 0 Å². The standard InChI is InChI=1S/C39H82N.ClH/c1-17-28-34(12,23-7)36(14,30-19-3)39(27-11,33-22-6)40(16,38(25-9,26-10)32-21-5)37(15,31-20-4)35(13,24-8)29-18-2;/h17-33H2,1-16H3;1H/q+1;/p-1. The summed E-state index contributed by atoms with van der Waals surface area (Å²) >= 11 is 0. The minimum atomic E-state index is 0. The summed E-state index contributed by atoms with van der Waals surface area (Å²) in [5.74, 6) is 0. The molecule has 0 rings (SSSR count). The average Bonchev–Trinajstić information content (AvgIpc) is 2.94. The van der Waals surface area contributed by atoms with Crippen molar-refractivity contribution in [3.63, 3.8) is 0 Å². The Labute approximate surface area is 269 Å². The van der Waals surface area contributed by atoms with Gasteiger partial charge in [0.15, 0.2) is 0 Å². The summed E-state index contributed by atoms with van der Waals surface area (Å²) in [6.07, 6.45) is 22.1. The summed E-state index contributed by atoms with van der Waals surface area (Å²) in [5, 5.41) is 0. The van der Waals surface area contributed by atoms with E-state index >= 15 is 0 Å². The summed E-state index contributed by atoms with van der Waals surface area (Å²) in [7, 11) is 2.87. The van der Waals surface area contributed by atoms with Gasteiger partial charge in [-0.2, -0.15) is 0 Å². The van der Waals surface area contributed by atoms with Crippen LogP contribution in [0.5, 0.6) is 0 Å². The van der Waals surface area contributed by atoms with Crippen LogP contribution in [-0.2, 0) is 0 Å². The molecular formula is C39H82ClN. The number of hydrogen-bond acceptors (Lipinski definition) is 0. The lowest BCUT2D eigenvalue weighted by molar-refractivity contribution is -1.06. The van der Waals surface area contributed by atoms with Crippen molar-refractivity contribution in [3.05, 3.63) is 0 Å². The topological polar surface area (TPSA) is 0 Å². The van der Waals surface area contributed by atoms with Gasteiger partial charge in [0.05, 0.1) is 12.6 Å². The fourth-order valence-corrected chi connectivity index (χ4v) is 11.6. The van der Waals surface area contributed by atoms with Crippen molar-refractivity contribution in [3.8, 4) is 0 Å². The summed E-state index contributed by atoms with van der Waals surface area (Å²) in [5.41, 5.74) is 1.52. The lowest BCUT2D eigenvalue weighted by atomic mass is 9.46. The maximum atomic E-state index is 2.87. The number of hydrogen-bond donors (Lipinski definition) is 0. The van der Waals surface area contributed by atoms with Gasteiger partial charge in [-0.3, -0.25) is 0 Å². The Morgan fingerprint density at radius 2 is 0.805 bits per heavy atom. The molecule has 0 aliphatic carbocycles. The summed E-state index contributed by atoms with van der Waals surface area (Å²) in [6.45, 7) is 38.7. The molecule has 0 saturated carbocycles. The molecule has 0 spiro atoms. The molecule has 6 unspecified atom stereocenters. The molecule has 0 aromatic heterocycles. The molecular weight excluding hydrogens is 518 g/mol. The van der Waals surface area contributed by atoms with Crippen LogP contribution in [0.3, 0.4) is 0 Å². The highest BCUT2D eigenvalue weighted by Gasteiger charge is 2.74. The van der Waals surface area contributed by atoms with Crippen LogP contribution in [-0.4, -0.2) is 28.1 Å². The van der Waals surface area contributed by atoms with Crippen molar-refractivity contribution in [2.45, 2.75) is 230 Å². The molecule has 0 amide bonds. The van der Waals surface area contributed by atoms with E-state index in [-0.39, 0.29) is 34.4 Å². The molecule has 0 bridgehead atoms. The van der Waals surface area contributed by atoms with Gasteiger partial charge < -0.3 is 16.9 Å². The van der Waals surface area contributed by atoms with Crippen LogP contribution in [0, 0.1) is 16.2 Å². The minimum Gasteiger partial charge on any atom is -1.00 e. The predicted octanol–water partition coefficient (Wildman–Crippen LogP) is 10.5. The predicted molar refractivity (Wildman–Crippen MR) is 185 cm³/mol. The van der Waals surface area contributed by atoms with Crippen LogP contribution >= 0.6 is 0 Å². The Bertz CT molecular complexity index is 702. The SMILES string of the molecule is CCCC(C)(CC)C(C)(CCC)C(CC)(CCC)[N+](C)(C(CC)(CC)CCC)C(C)(CCC)C(C)(CC)CCC.[Cl-]. The van der Waals surface area contributed by atoms with Gasteiger partial charge in [-0.25, -0.2) is 0 Å². The molecule has 0 aliphatic heterocycles. The van der Waals surface area contributed by atoms with E-state index in [0.717, 1.165) is 0 Å². The Balaban J connectivity index is 0. The van der Waals surface area contributed by atoms with E-state index in [4.69, 9.17) is 0 Å². The van der Waals surface area contributed by atoms with Gasteiger partial charge in [0.2, 0.25) is 0 Å². The van der Waals surface area contributed by atoms with Gasteiger partial charge in [0, 0.05) is 36.5 Å². The first-order valence-corrected chi connectivity index (χ1v) is 18.5. The van der Waals surface area contributed by atoms with Gasteiger partial charge in [-0.15, -0.1) is 0 Å². The zero-order valence-electron chi connectivity index (χ0n) is 31.8. The molecule has 0 saturated heterocycles. The second-order valence-corrected chi connectivity index (χ2v) is 15.3. The monoisotopic (exact) mass is 600 g/mol. The maximum absolute atomic E-state index is 2.87. The van der Waals surface area contributed by atoms with E-state index in [9.17, 15) is 0 Å². The lowest BCUT2D eigenvalue weighted by Gasteiger charge is -2.76. The largest absolute Gasteiger partial charge is 1.00 e. The third kappa shape index (κ3) is 6.77. The van der Waals surface area contributed by atoms with Crippen molar-refractivity contribution in [1.82, 2.24) is 0 Å². The number of rotatable bonds is 23. The average molecular weight is 601 g/mol. The molecule has 0 aliphatic rings. The Kier molecular flexibility index (Phi) is 18.7. The summed E-state index contributed by atoms with van der Waals surface area (Å²) in [4.78, 5) is 0. The zero-order valence-corrected chi connectivity index (χ0v) is 32.6. The highest BCUT2D eigenvalue weighted by atomic mass is 35.5. The van der Waals surface area contributed by atoms with Crippen molar-refractivity contribution in [2.24, 2.45) is 16.2 Å². The van der Waals surface area contributed by atoms with Gasteiger partial charge >= 0.3 is 0 Å². The molecule has 0 aromatic rings. The van der Waals surface area contributed by atoms with Crippen LogP contribution in [0.25, 0.3) is 0 Å². The smallest absolute Gasteiger partial charge is 0.105 e. The van der Waals surface area contributed by atoms with Crippen molar-refractivity contribution >= 4 is 0 Å². The Morgan fingerprint density at radius 1 is 0.415 bits per heavy atom. The van der Waals surface area contributed by atoms with Crippen LogP contribution in [0.4, 0.5) is 0 Å². The second-order valence-electron chi connectivity index (χ2n) is 15.3. The molecule has 0 N–H and O–H groups in total. The summed E-state index contributed by atoms with van der Waals surface area (Å²) < 4.78 is 1.27. The minimum absolute atomic E-state index is 0. The van der Waals surface area contributed by atoms with Gasteiger partial charge in [-0.05, 0) is 57.3 Å². The normalized spacial score (nSPS) is 21.4. The highest BCUT2D eigenvalue weighted by Crippen LogP contribution is 2.68. The molecule has 41 heavy (non-hydrogen) atoms. The fraction of sp³-hybridized carbons (Fsp3) is 1.00. The van der Waals surface area contributed by atoms with Crippen LogP contribution in [0.15, 0.2) is 0 Å². The first kappa shape index (κ1) is 43.4. The zero-order chi connectivity index (χ0) is 31.5. The van der Waals surface area contributed by atoms with E-state index in [0.29, 0.717) is 10.8 Å². The third-order valence-electron chi connectivity index (χ3n) is 14.4. The number of nitrogens with zero attached hydrogens (tertiary/aromatic N) is 1. The van der Waals surface area contributed by atoms with Crippen molar-refractivity contribution < 1.29 is 16.9 Å². The number of quaternary nitrogens is 1. The van der Waals surface area contributed by atoms with Gasteiger partial charge in [0.25, 0.3) is 0 Å². The van der Waals surface area contributed by atoms with Crippen LogP contribution in [0.2, 0.25) is 0 Å². The molecule has 1 nitrogen and oxygen atoms in total. The molecule has 0 radical (unpaired) electrons. The van der Waals surface area contributed by atoms with Gasteiger partial charge in [-0.1, -0.05) is 135 Å². The van der Waals surface area contributed by atoms with E-state index in [2.05, 4.69) is 111 Å². The molecule has 6 atom stereocenters. The molecule has 0 fully saturated rings. The lowest BCUT2D eigenvalue weighted by Crippen LogP contribution is -3.00. The van der Waals surface area contributed by atoms with Gasteiger partial charge in [0.1, 0.15) is 11.1 Å². The van der Waals surface area contributed by atoms with Crippen LogP contribution < -0.4 is 12.4 Å². The Morgan fingerprint density at radius 3 is 1.12 bits per heavy atom. The number of halogens is 1.